The third-order valence-electron chi connectivity index (χ3n) is 5.59. The fourth-order valence-corrected chi connectivity index (χ4v) is 3.55. The van der Waals surface area contributed by atoms with E-state index in [2.05, 4.69) is 30.7 Å². The zero-order chi connectivity index (χ0) is 27.7. The number of carbonyl (C=O) groups excluding carboxylic acids is 4. The van der Waals surface area contributed by atoms with Gasteiger partial charge in [0.05, 0.1) is 36.7 Å². The van der Waals surface area contributed by atoms with Gasteiger partial charge in [0, 0.05) is 11.4 Å². The van der Waals surface area contributed by atoms with E-state index in [1.54, 1.807) is 62.4 Å². The molecular weight excluding hydrogens is 488 g/mol. The second kappa shape index (κ2) is 12.9. The van der Waals surface area contributed by atoms with Crippen molar-refractivity contribution < 1.29 is 28.7 Å². The van der Waals surface area contributed by atoms with Crippen LogP contribution in [0.4, 0.5) is 22.7 Å². The van der Waals surface area contributed by atoms with Crippen LogP contribution in [0.1, 0.15) is 34.6 Å². The standard InChI is InChI=1S/C28H30N4O6/c1-17(27(35)37-3)29-25(33)21-9-5-7-11-23(21)31-19-13-15-20(16-14-19)32-24-12-8-6-10-22(24)26(34)30-18(2)28(36)38-4/h5-18,31-32H,1-4H3,(H,29,33)(H,30,34)/t17-,18-/m0/s1. The Balaban J connectivity index is 1.71. The number of amides is 2. The molecule has 0 aliphatic rings. The van der Waals surface area contributed by atoms with Crippen LogP contribution in [0, 0.1) is 0 Å². The summed E-state index contributed by atoms with van der Waals surface area (Å²) in [6.07, 6.45) is 0. The maximum Gasteiger partial charge on any atom is 0.328 e. The minimum absolute atomic E-state index is 0.367. The van der Waals surface area contributed by atoms with Crippen molar-refractivity contribution in [2.45, 2.75) is 25.9 Å². The van der Waals surface area contributed by atoms with Gasteiger partial charge in [-0.05, 0) is 62.4 Å². The molecule has 3 aromatic carbocycles. The number of nitrogens with one attached hydrogen (secondary N) is 4. The Morgan fingerprint density at radius 3 is 1.26 bits per heavy atom. The van der Waals surface area contributed by atoms with E-state index in [9.17, 15) is 19.2 Å². The molecule has 0 unspecified atom stereocenters. The van der Waals surface area contributed by atoms with Crippen LogP contribution >= 0.6 is 0 Å². The highest BCUT2D eigenvalue weighted by Crippen LogP contribution is 2.25. The van der Waals surface area contributed by atoms with E-state index in [1.807, 2.05) is 24.3 Å². The molecule has 2 atom stereocenters. The number of carbonyl (C=O) groups is 4. The first kappa shape index (κ1) is 27.7. The number of benzene rings is 3. The molecule has 4 N–H and O–H groups in total. The highest BCUT2D eigenvalue weighted by Gasteiger charge is 2.20. The molecule has 2 amide bonds. The Hall–Kier alpha value is -4.86. The smallest absolute Gasteiger partial charge is 0.328 e. The van der Waals surface area contributed by atoms with Gasteiger partial charge in [0.2, 0.25) is 0 Å². The number of hydrogen-bond acceptors (Lipinski definition) is 8. The van der Waals surface area contributed by atoms with Gasteiger partial charge in [-0.2, -0.15) is 0 Å². The van der Waals surface area contributed by atoms with Crippen LogP contribution in [0.5, 0.6) is 0 Å². The Morgan fingerprint density at radius 2 is 0.921 bits per heavy atom. The van der Waals surface area contributed by atoms with Crippen molar-refractivity contribution in [1.29, 1.82) is 0 Å². The monoisotopic (exact) mass is 518 g/mol. The van der Waals surface area contributed by atoms with E-state index in [4.69, 9.17) is 0 Å². The second-order valence-corrected chi connectivity index (χ2v) is 8.36. The molecule has 0 heterocycles. The van der Waals surface area contributed by atoms with Crippen molar-refractivity contribution in [3.8, 4) is 0 Å². The molecule has 3 aromatic rings. The summed E-state index contributed by atoms with van der Waals surface area (Å²) in [5.41, 5.74) is 3.29. The summed E-state index contributed by atoms with van der Waals surface area (Å²) in [7, 11) is 2.52. The van der Waals surface area contributed by atoms with Crippen LogP contribution in [0.25, 0.3) is 0 Å². The highest BCUT2D eigenvalue weighted by atomic mass is 16.5. The van der Waals surface area contributed by atoms with Crippen molar-refractivity contribution in [1.82, 2.24) is 10.6 Å². The van der Waals surface area contributed by atoms with Gasteiger partial charge in [-0.1, -0.05) is 24.3 Å². The molecule has 198 valence electrons. The van der Waals surface area contributed by atoms with Crippen molar-refractivity contribution in [3.63, 3.8) is 0 Å². The number of para-hydroxylation sites is 2. The fourth-order valence-electron chi connectivity index (χ4n) is 3.55. The number of rotatable bonds is 10. The van der Waals surface area contributed by atoms with Gasteiger partial charge in [-0.25, -0.2) is 9.59 Å². The van der Waals surface area contributed by atoms with E-state index in [0.29, 0.717) is 22.5 Å². The lowest BCUT2D eigenvalue weighted by atomic mass is 10.1. The van der Waals surface area contributed by atoms with Gasteiger partial charge in [0.1, 0.15) is 12.1 Å². The first-order chi connectivity index (χ1) is 18.2. The zero-order valence-corrected chi connectivity index (χ0v) is 21.5. The van der Waals surface area contributed by atoms with Crippen molar-refractivity contribution in [3.05, 3.63) is 83.9 Å². The summed E-state index contributed by atoms with van der Waals surface area (Å²) in [4.78, 5) is 48.8. The first-order valence-corrected chi connectivity index (χ1v) is 11.8. The molecular formula is C28H30N4O6. The van der Waals surface area contributed by atoms with Crippen LogP contribution < -0.4 is 21.3 Å². The highest BCUT2D eigenvalue weighted by molar-refractivity contribution is 6.03. The maximum atomic E-state index is 12.7. The first-order valence-electron chi connectivity index (χ1n) is 11.8. The van der Waals surface area contributed by atoms with Crippen molar-refractivity contribution >= 4 is 46.5 Å². The largest absolute Gasteiger partial charge is 0.467 e. The lowest BCUT2D eigenvalue weighted by molar-refractivity contribution is -0.143. The number of esters is 2. The lowest BCUT2D eigenvalue weighted by Gasteiger charge is -2.16. The van der Waals surface area contributed by atoms with Gasteiger partial charge in [0.15, 0.2) is 0 Å². The molecule has 3 rings (SSSR count). The number of methoxy groups -OCH3 is 2. The van der Waals surface area contributed by atoms with Gasteiger partial charge < -0.3 is 30.7 Å². The van der Waals surface area contributed by atoms with Crippen LogP contribution in [0.2, 0.25) is 0 Å². The molecule has 0 fully saturated rings. The summed E-state index contributed by atoms with van der Waals surface area (Å²) in [5.74, 6) is -1.91. The van der Waals surface area contributed by atoms with E-state index < -0.39 is 35.8 Å². The molecule has 0 bridgehead atoms. The molecule has 10 heteroatoms. The zero-order valence-electron chi connectivity index (χ0n) is 21.5. The third-order valence-corrected chi connectivity index (χ3v) is 5.59. The molecule has 0 saturated heterocycles. The van der Waals surface area contributed by atoms with Crippen molar-refractivity contribution in [2.75, 3.05) is 24.9 Å². The predicted octanol–water partition coefficient (Wildman–Crippen LogP) is 3.76. The molecule has 0 aliphatic heterocycles. The van der Waals surface area contributed by atoms with Crippen LogP contribution in [0.3, 0.4) is 0 Å². The van der Waals surface area contributed by atoms with Gasteiger partial charge in [-0.15, -0.1) is 0 Å². The molecule has 0 radical (unpaired) electrons. The van der Waals surface area contributed by atoms with Gasteiger partial charge in [0.25, 0.3) is 11.8 Å². The summed E-state index contributed by atoms with van der Waals surface area (Å²) >= 11 is 0. The summed E-state index contributed by atoms with van der Waals surface area (Å²) < 4.78 is 9.33. The molecule has 38 heavy (non-hydrogen) atoms. The Labute approximate surface area is 220 Å². The number of hydrogen-bond donors (Lipinski definition) is 4. The van der Waals surface area contributed by atoms with Crippen LogP contribution in [0.15, 0.2) is 72.8 Å². The summed E-state index contributed by atoms with van der Waals surface area (Å²) in [6, 6.07) is 19.6. The molecule has 0 aromatic heterocycles. The van der Waals surface area contributed by atoms with E-state index in [-0.39, 0.29) is 0 Å². The Kier molecular flexibility index (Phi) is 9.42. The normalized spacial score (nSPS) is 11.9. The van der Waals surface area contributed by atoms with Crippen LogP contribution in [-0.2, 0) is 19.1 Å². The topological polar surface area (TPSA) is 135 Å². The Morgan fingerprint density at radius 1 is 0.579 bits per heavy atom. The molecule has 0 aliphatic carbocycles. The molecule has 0 saturated carbocycles. The molecule has 10 nitrogen and oxygen atoms in total. The van der Waals surface area contributed by atoms with E-state index >= 15 is 0 Å². The fraction of sp³-hybridized carbons (Fsp3) is 0.214. The third kappa shape index (κ3) is 7.10. The van der Waals surface area contributed by atoms with Crippen LogP contribution in [-0.4, -0.2) is 50.1 Å². The van der Waals surface area contributed by atoms with Gasteiger partial charge >= 0.3 is 11.9 Å². The number of ether oxygens (including phenoxy) is 2. The van der Waals surface area contributed by atoms with Gasteiger partial charge in [-0.3, -0.25) is 9.59 Å². The lowest BCUT2D eigenvalue weighted by Crippen LogP contribution is -2.39. The van der Waals surface area contributed by atoms with Crippen molar-refractivity contribution in [2.24, 2.45) is 0 Å². The maximum absolute atomic E-state index is 12.7. The summed E-state index contributed by atoms with van der Waals surface area (Å²) in [6.45, 7) is 3.10. The molecule has 0 spiro atoms. The van der Waals surface area contributed by atoms with E-state index in [1.165, 1.54) is 14.2 Å². The minimum atomic E-state index is -0.792. The van der Waals surface area contributed by atoms with E-state index in [0.717, 1.165) is 11.4 Å². The quantitative estimate of drug-likeness (QED) is 0.298. The predicted molar refractivity (Wildman–Crippen MR) is 144 cm³/mol. The average molecular weight is 519 g/mol. The second-order valence-electron chi connectivity index (χ2n) is 8.36. The Bertz CT molecular complexity index is 1210. The average Bonchev–Trinajstić information content (AvgIpc) is 2.93. The number of anilines is 4. The SMILES string of the molecule is COC(=O)[C@H](C)NC(=O)c1ccccc1Nc1ccc(Nc2ccccc2C(=O)N[C@@H](C)C(=O)OC)cc1. The summed E-state index contributed by atoms with van der Waals surface area (Å²) in [5, 5.41) is 11.7. The minimum Gasteiger partial charge on any atom is -0.467 e.